The summed E-state index contributed by atoms with van der Waals surface area (Å²) in [5.41, 5.74) is 3.69. The van der Waals surface area contributed by atoms with Crippen LogP contribution in [0.25, 0.3) is 0 Å². The molecule has 2 aliphatic rings. The summed E-state index contributed by atoms with van der Waals surface area (Å²) < 4.78 is 0. The van der Waals surface area contributed by atoms with Crippen molar-refractivity contribution in [2.24, 2.45) is 5.92 Å². The molecule has 2 heterocycles. The highest BCUT2D eigenvalue weighted by Gasteiger charge is 2.44. The van der Waals surface area contributed by atoms with Crippen molar-refractivity contribution in [3.8, 4) is 0 Å². The van der Waals surface area contributed by atoms with E-state index in [1.807, 2.05) is 23.1 Å². The van der Waals surface area contributed by atoms with E-state index in [0.29, 0.717) is 19.5 Å². The Kier molecular flexibility index (Phi) is 5.02. The molecule has 27 heavy (non-hydrogen) atoms. The van der Waals surface area contributed by atoms with Crippen LogP contribution in [0.3, 0.4) is 0 Å². The molecule has 2 saturated heterocycles. The van der Waals surface area contributed by atoms with Crippen LogP contribution in [0.5, 0.6) is 0 Å². The fourth-order valence-electron chi connectivity index (χ4n) is 4.39. The Bertz CT molecular complexity index is 817. The van der Waals surface area contributed by atoms with Gasteiger partial charge < -0.3 is 15.3 Å². The van der Waals surface area contributed by atoms with Gasteiger partial charge in [-0.05, 0) is 49.9 Å². The number of nitrogens with zero attached hydrogens (tertiary/aromatic N) is 1. The number of aryl methyl sites for hydroxylation is 1. The minimum absolute atomic E-state index is 0.0883. The molecule has 4 nitrogen and oxygen atoms in total. The van der Waals surface area contributed by atoms with Gasteiger partial charge in [0, 0.05) is 31.1 Å². The number of carbonyl (C=O) groups is 1. The van der Waals surface area contributed by atoms with Crippen molar-refractivity contribution in [3.05, 3.63) is 70.8 Å². The monoisotopic (exact) mass is 364 g/mol. The van der Waals surface area contributed by atoms with E-state index in [2.05, 4.69) is 42.6 Å². The van der Waals surface area contributed by atoms with Gasteiger partial charge >= 0.3 is 0 Å². The Hall–Kier alpha value is -2.17. The average molecular weight is 364 g/mol. The zero-order valence-electron chi connectivity index (χ0n) is 15.9. The lowest BCUT2D eigenvalue weighted by atomic mass is 9.76. The summed E-state index contributed by atoms with van der Waals surface area (Å²) in [7, 11) is 0. The third kappa shape index (κ3) is 3.78. The van der Waals surface area contributed by atoms with E-state index in [9.17, 15) is 9.90 Å². The zero-order chi connectivity index (χ0) is 18.9. The minimum Gasteiger partial charge on any atom is -0.389 e. The van der Waals surface area contributed by atoms with E-state index in [4.69, 9.17) is 0 Å². The van der Waals surface area contributed by atoms with Gasteiger partial charge in [0.1, 0.15) is 0 Å². The van der Waals surface area contributed by atoms with E-state index in [-0.39, 0.29) is 11.8 Å². The van der Waals surface area contributed by atoms with Gasteiger partial charge in [0.05, 0.1) is 5.60 Å². The predicted molar refractivity (Wildman–Crippen MR) is 107 cm³/mol. The van der Waals surface area contributed by atoms with Crippen molar-refractivity contribution in [1.29, 1.82) is 0 Å². The normalized spacial score (nSPS) is 25.1. The van der Waals surface area contributed by atoms with Crippen LogP contribution in [-0.2, 0) is 6.42 Å². The summed E-state index contributed by atoms with van der Waals surface area (Å²) in [5.74, 6) is 0.207. The fraction of sp³-hybridized carbons (Fsp3) is 0.435. The molecule has 0 aliphatic carbocycles. The highest BCUT2D eigenvalue weighted by molar-refractivity contribution is 5.96. The maximum Gasteiger partial charge on any atom is 0.254 e. The number of piperidine rings is 2. The van der Waals surface area contributed by atoms with Crippen molar-refractivity contribution >= 4 is 5.91 Å². The molecule has 2 aromatic rings. The van der Waals surface area contributed by atoms with Crippen LogP contribution >= 0.6 is 0 Å². The molecule has 0 saturated carbocycles. The molecule has 0 aromatic heterocycles. The summed E-state index contributed by atoms with van der Waals surface area (Å²) in [5, 5.41) is 14.2. The molecule has 2 aromatic carbocycles. The summed E-state index contributed by atoms with van der Waals surface area (Å²) in [4.78, 5) is 15.2. The van der Waals surface area contributed by atoms with Gasteiger partial charge in [-0.2, -0.15) is 0 Å². The van der Waals surface area contributed by atoms with E-state index >= 15 is 0 Å². The molecular formula is C23H28N2O2. The molecule has 0 unspecified atom stereocenters. The standard InChI is InChI=1S/C23H28N2O2/c1-17-6-8-18(9-7-17)14-19-4-2-3-5-21(19)22(26)25-13-11-23(27)10-12-24-15-20(23)16-25/h2-9,20,24,27H,10-16H2,1H3/t20-,23-/m0/s1. The molecule has 2 N–H and O–H groups in total. The molecule has 4 rings (SSSR count). The SMILES string of the molecule is Cc1ccc(Cc2ccccc2C(=O)N2CC[C@@]3(O)CCNC[C@H]3C2)cc1. The second-order valence-electron chi connectivity index (χ2n) is 8.08. The number of likely N-dealkylation sites (tertiary alicyclic amines) is 1. The van der Waals surface area contributed by atoms with E-state index in [0.717, 1.165) is 37.1 Å². The van der Waals surface area contributed by atoms with Crippen LogP contribution in [0.1, 0.15) is 39.9 Å². The summed E-state index contributed by atoms with van der Waals surface area (Å²) in [6.45, 7) is 4.98. The smallest absolute Gasteiger partial charge is 0.254 e. The predicted octanol–water partition coefficient (Wildman–Crippen LogP) is 2.77. The Balaban J connectivity index is 1.53. The number of fused-ring (bicyclic) bond motifs is 1. The maximum atomic E-state index is 13.3. The first-order chi connectivity index (χ1) is 13.0. The van der Waals surface area contributed by atoms with Crippen LogP contribution in [0.15, 0.2) is 48.5 Å². The fourth-order valence-corrected chi connectivity index (χ4v) is 4.39. The molecule has 0 spiro atoms. The molecule has 0 bridgehead atoms. The maximum absolute atomic E-state index is 13.3. The zero-order valence-corrected chi connectivity index (χ0v) is 15.9. The number of hydrogen-bond donors (Lipinski definition) is 2. The van der Waals surface area contributed by atoms with E-state index in [1.54, 1.807) is 0 Å². The molecule has 1 amide bonds. The average Bonchev–Trinajstić information content (AvgIpc) is 2.69. The quantitative estimate of drug-likeness (QED) is 0.881. The molecule has 0 radical (unpaired) electrons. The van der Waals surface area contributed by atoms with Crippen LogP contribution in [0, 0.1) is 12.8 Å². The Morgan fingerprint density at radius 1 is 1.19 bits per heavy atom. The molecule has 4 heteroatoms. The molecular weight excluding hydrogens is 336 g/mol. The first kappa shape index (κ1) is 18.2. The van der Waals surface area contributed by atoms with Gasteiger partial charge in [-0.1, -0.05) is 48.0 Å². The van der Waals surface area contributed by atoms with E-state index in [1.165, 1.54) is 11.1 Å². The van der Waals surface area contributed by atoms with Gasteiger partial charge in [0.2, 0.25) is 0 Å². The van der Waals surface area contributed by atoms with Gasteiger partial charge in [-0.15, -0.1) is 0 Å². The van der Waals surface area contributed by atoms with Crippen molar-refractivity contribution in [2.45, 2.75) is 31.8 Å². The highest BCUT2D eigenvalue weighted by atomic mass is 16.3. The lowest BCUT2D eigenvalue weighted by Crippen LogP contribution is -2.59. The second-order valence-corrected chi connectivity index (χ2v) is 8.08. The number of rotatable bonds is 3. The Morgan fingerprint density at radius 2 is 1.96 bits per heavy atom. The van der Waals surface area contributed by atoms with Crippen LogP contribution in [0.2, 0.25) is 0 Å². The number of benzene rings is 2. The largest absolute Gasteiger partial charge is 0.389 e. The summed E-state index contributed by atoms with van der Waals surface area (Å²) in [6, 6.07) is 16.4. The first-order valence-electron chi connectivity index (χ1n) is 9.91. The van der Waals surface area contributed by atoms with Gasteiger partial charge in [-0.25, -0.2) is 0 Å². The summed E-state index contributed by atoms with van der Waals surface area (Å²) >= 11 is 0. The van der Waals surface area contributed by atoms with Crippen LogP contribution in [0.4, 0.5) is 0 Å². The molecule has 2 atom stereocenters. The van der Waals surface area contributed by atoms with Crippen molar-refractivity contribution in [3.63, 3.8) is 0 Å². The first-order valence-corrected chi connectivity index (χ1v) is 9.91. The van der Waals surface area contributed by atoms with Gasteiger partial charge in [0.25, 0.3) is 5.91 Å². The molecule has 2 fully saturated rings. The Morgan fingerprint density at radius 3 is 2.78 bits per heavy atom. The van der Waals surface area contributed by atoms with Crippen LogP contribution < -0.4 is 5.32 Å². The molecule has 142 valence electrons. The topological polar surface area (TPSA) is 52.6 Å². The van der Waals surface area contributed by atoms with E-state index < -0.39 is 5.60 Å². The van der Waals surface area contributed by atoms with Gasteiger partial charge in [0.15, 0.2) is 0 Å². The second kappa shape index (κ2) is 7.45. The third-order valence-electron chi connectivity index (χ3n) is 6.19. The lowest BCUT2D eigenvalue weighted by Gasteiger charge is -2.47. The van der Waals surface area contributed by atoms with Crippen molar-refractivity contribution < 1.29 is 9.90 Å². The highest BCUT2D eigenvalue weighted by Crippen LogP contribution is 2.33. The Labute approximate surface area is 161 Å². The number of aliphatic hydroxyl groups is 1. The van der Waals surface area contributed by atoms with Crippen molar-refractivity contribution in [1.82, 2.24) is 10.2 Å². The number of hydrogen-bond acceptors (Lipinski definition) is 3. The minimum atomic E-state index is -0.608. The third-order valence-corrected chi connectivity index (χ3v) is 6.19. The summed E-state index contributed by atoms with van der Waals surface area (Å²) in [6.07, 6.45) is 2.21. The number of carbonyl (C=O) groups excluding carboxylic acids is 1. The number of amides is 1. The van der Waals surface area contributed by atoms with Gasteiger partial charge in [-0.3, -0.25) is 4.79 Å². The molecule has 2 aliphatic heterocycles. The van der Waals surface area contributed by atoms with Crippen LogP contribution in [-0.4, -0.2) is 47.7 Å². The number of nitrogens with one attached hydrogen (secondary N) is 1. The van der Waals surface area contributed by atoms with Crippen molar-refractivity contribution in [2.75, 3.05) is 26.2 Å². The lowest BCUT2D eigenvalue weighted by molar-refractivity contribution is -0.0817.